The van der Waals surface area contributed by atoms with Crippen molar-refractivity contribution in [3.63, 3.8) is 0 Å². The molecule has 5 nitrogen and oxygen atoms in total. The predicted molar refractivity (Wildman–Crippen MR) is 105 cm³/mol. The molecule has 2 aromatic carbocycles. The quantitative estimate of drug-likeness (QED) is 0.590. The second kappa shape index (κ2) is 8.46. The number of halogens is 4. The second-order valence-electron chi connectivity index (χ2n) is 6.70. The summed E-state index contributed by atoms with van der Waals surface area (Å²) in [6.45, 7) is 0. The van der Waals surface area contributed by atoms with E-state index in [1.54, 1.807) is 0 Å². The fourth-order valence-corrected chi connectivity index (χ4v) is 3.53. The molecule has 162 valence electrons. The highest BCUT2D eigenvalue weighted by atomic mass is 32.2. The van der Waals surface area contributed by atoms with Crippen molar-refractivity contribution in [1.29, 1.82) is 0 Å². The minimum atomic E-state index is -4.56. The molecule has 1 heterocycles. The molecule has 0 spiro atoms. The summed E-state index contributed by atoms with van der Waals surface area (Å²) in [5, 5.41) is 2.53. The summed E-state index contributed by atoms with van der Waals surface area (Å²) in [7, 11) is -3.58. The summed E-state index contributed by atoms with van der Waals surface area (Å²) in [6, 6.07) is 10.3. The Morgan fingerprint density at radius 2 is 1.71 bits per heavy atom. The Labute approximate surface area is 175 Å². The van der Waals surface area contributed by atoms with Gasteiger partial charge in [0.2, 0.25) is 0 Å². The Morgan fingerprint density at radius 3 is 2.29 bits per heavy atom. The van der Waals surface area contributed by atoms with Crippen LogP contribution >= 0.6 is 0 Å². The van der Waals surface area contributed by atoms with E-state index in [1.807, 2.05) is 0 Å². The Hall–Kier alpha value is -3.27. The maximum absolute atomic E-state index is 14.4. The van der Waals surface area contributed by atoms with Crippen LogP contribution < -0.4 is 5.32 Å². The lowest BCUT2D eigenvalue weighted by Gasteiger charge is -2.20. The van der Waals surface area contributed by atoms with Crippen molar-refractivity contribution < 1.29 is 30.8 Å². The average Bonchev–Trinajstić information content (AvgIpc) is 2.71. The van der Waals surface area contributed by atoms with Crippen LogP contribution in [-0.2, 0) is 16.0 Å². The fraction of sp³-hybridized carbons (Fsp3) is 0.143. The van der Waals surface area contributed by atoms with Gasteiger partial charge in [-0.3, -0.25) is 9.78 Å². The Bertz CT molecular complexity index is 1210. The number of carbonyl (C=O) groups is 1. The molecule has 0 aliphatic heterocycles. The summed E-state index contributed by atoms with van der Waals surface area (Å²) in [5.74, 6) is -1.52. The van der Waals surface area contributed by atoms with E-state index in [9.17, 15) is 30.8 Å². The zero-order valence-electron chi connectivity index (χ0n) is 16.0. The van der Waals surface area contributed by atoms with Gasteiger partial charge in [-0.2, -0.15) is 13.2 Å². The molecule has 0 saturated carbocycles. The molecule has 31 heavy (non-hydrogen) atoms. The van der Waals surface area contributed by atoms with Crippen molar-refractivity contribution in [2.24, 2.45) is 0 Å². The van der Waals surface area contributed by atoms with E-state index in [-0.39, 0.29) is 21.7 Å². The lowest BCUT2D eigenvalue weighted by Crippen LogP contribution is -2.30. The van der Waals surface area contributed by atoms with Gasteiger partial charge in [-0.1, -0.05) is 18.2 Å². The molecule has 1 atom stereocenters. The summed E-state index contributed by atoms with van der Waals surface area (Å²) < 4.78 is 76.5. The molecule has 0 saturated heterocycles. The molecule has 3 aromatic rings. The van der Waals surface area contributed by atoms with Crippen LogP contribution in [0, 0.1) is 5.82 Å². The molecule has 1 unspecified atom stereocenters. The SMILES string of the molecule is CS(=O)(=O)c1cccc(C(=O)NC(c2ccc(C(F)(F)F)cc2)c2ncccc2F)c1. The molecule has 1 N–H and O–H groups in total. The number of carbonyl (C=O) groups excluding carboxylic acids is 1. The topological polar surface area (TPSA) is 76.1 Å². The molecular weight excluding hydrogens is 436 g/mol. The van der Waals surface area contributed by atoms with Crippen molar-refractivity contribution in [1.82, 2.24) is 10.3 Å². The van der Waals surface area contributed by atoms with Crippen LogP contribution in [0.2, 0.25) is 0 Å². The van der Waals surface area contributed by atoms with Gasteiger partial charge in [-0.05, 0) is 48.0 Å². The van der Waals surface area contributed by atoms with Gasteiger partial charge in [0.25, 0.3) is 5.91 Å². The number of rotatable bonds is 5. The summed E-state index contributed by atoms with van der Waals surface area (Å²) >= 11 is 0. The Morgan fingerprint density at radius 1 is 1.03 bits per heavy atom. The number of amides is 1. The maximum atomic E-state index is 14.4. The average molecular weight is 452 g/mol. The van der Waals surface area contributed by atoms with Crippen LogP contribution in [-0.4, -0.2) is 25.6 Å². The lowest BCUT2D eigenvalue weighted by atomic mass is 10.00. The molecule has 0 aliphatic rings. The van der Waals surface area contributed by atoms with Crippen molar-refractivity contribution in [3.05, 3.63) is 95.1 Å². The number of sulfone groups is 1. The standard InChI is InChI=1S/C21H16F4N2O3S/c1-31(29,30)16-5-2-4-14(12-16)20(28)27-18(19-17(22)6-3-11-26-19)13-7-9-15(10-8-13)21(23,24)25/h2-12,18H,1H3,(H,27,28). The number of aromatic nitrogens is 1. The van der Waals surface area contributed by atoms with E-state index in [0.717, 1.165) is 42.7 Å². The zero-order valence-corrected chi connectivity index (χ0v) is 16.8. The van der Waals surface area contributed by atoms with Crippen LogP contribution in [0.5, 0.6) is 0 Å². The highest BCUT2D eigenvalue weighted by Gasteiger charge is 2.31. The lowest BCUT2D eigenvalue weighted by molar-refractivity contribution is -0.137. The third-order valence-electron chi connectivity index (χ3n) is 4.43. The smallest absolute Gasteiger partial charge is 0.339 e. The number of hydrogen-bond donors (Lipinski definition) is 1. The van der Waals surface area contributed by atoms with Crippen LogP contribution in [0.1, 0.15) is 33.2 Å². The molecule has 0 bridgehead atoms. The highest BCUT2D eigenvalue weighted by Crippen LogP contribution is 2.31. The van der Waals surface area contributed by atoms with E-state index >= 15 is 0 Å². The van der Waals surface area contributed by atoms with Crippen molar-refractivity contribution in [2.75, 3.05) is 6.26 Å². The first-order chi connectivity index (χ1) is 14.5. The monoisotopic (exact) mass is 452 g/mol. The van der Waals surface area contributed by atoms with E-state index < -0.39 is 39.3 Å². The van der Waals surface area contributed by atoms with Gasteiger partial charge < -0.3 is 5.32 Å². The molecule has 0 radical (unpaired) electrons. The number of alkyl halides is 3. The van der Waals surface area contributed by atoms with Gasteiger partial charge in [-0.25, -0.2) is 12.8 Å². The first-order valence-corrected chi connectivity index (χ1v) is 10.7. The van der Waals surface area contributed by atoms with E-state index in [1.165, 1.54) is 30.5 Å². The third-order valence-corrected chi connectivity index (χ3v) is 5.54. The third kappa shape index (κ3) is 5.26. The van der Waals surface area contributed by atoms with Crippen LogP contribution in [0.4, 0.5) is 17.6 Å². The van der Waals surface area contributed by atoms with Gasteiger partial charge in [0.15, 0.2) is 9.84 Å². The highest BCUT2D eigenvalue weighted by molar-refractivity contribution is 7.90. The number of nitrogens with one attached hydrogen (secondary N) is 1. The molecule has 3 rings (SSSR count). The van der Waals surface area contributed by atoms with Gasteiger partial charge >= 0.3 is 6.18 Å². The van der Waals surface area contributed by atoms with Crippen molar-refractivity contribution in [2.45, 2.75) is 17.1 Å². The molecule has 0 fully saturated rings. The van der Waals surface area contributed by atoms with Gasteiger partial charge in [0.05, 0.1) is 16.5 Å². The molecule has 1 amide bonds. The largest absolute Gasteiger partial charge is 0.416 e. The first-order valence-electron chi connectivity index (χ1n) is 8.85. The Kier molecular flexibility index (Phi) is 6.12. The zero-order chi connectivity index (χ0) is 22.8. The Balaban J connectivity index is 2.00. The maximum Gasteiger partial charge on any atom is 0.416 e. The number of pyridine rings is 1. The minimum Gasteiger partial charge on any atom is -0.339 e. The van der Waals surface area contributed by atoms with Crippen LogP contribution in [0.25, 0.3) is 0 Å². The normalized spacial score (nSPS) is 12.9. The van der Waals surface area contributed by atoms with Crippen molar-refractivity contribution >= 4 is 15.7 Å². The number of nitrogens with zero attached hydrogens (tertiary/aromatic N) is 1. The summed E-state index contributed by atoms with van der Waals surface area (Å²) in [4.78, 5) is 16.6. The van der Waals surface area contributed by atoms with Gasteiger partial charge in [0.1, 0.15) is 11.5 Å². The van der Waals surface area contributed by atoms with E-state index in [0.29, 0.717) is 0 Å². The van der Waals surface area contributed by atoms with E-state index in [2.05, 4.69) is 10.3 Å². The van der Waals surface area contributed by atoms with E-state index in [4.69, 9.17) is 0 Å². The summed E-state index contributed by atoms with van der Waals surface area (Å²) in [6.07, 6.45) is -2.29. The molecule has 1 aromatic heterocycles. The summed E-state index contributed by atoms with van der Waals surface area (Å²) in [5.41, 5.74) is -0.951. The predicted octanol–water partition coefficient (Wildman–Crippen LogP) is 4.16. The van der Waals surface area contributed by atoms with Crippen LogP contribution in [0.3, 0.4) is 0 Å². The molecule has 10 heteroatoms. The first kappa shape index (κ1) is 22.4. The van der Waals surface area contributed by atoms with Gasteiger partial charge in [-0.15, -0.1) is 0 Å². The number of hydrogen-bond acceptors (Lipinski definition) is 4. The minimum absolute atomic E-state index is 0.0174. The number of benzene rings is 2. The second-order valence-corrected chi connectivity index (χ2v) is 8.71. The molecule has 0 aliphatic carbocycles. The van der Waals surface area contributed by atoms with Gasteiger partial charge in [0, 0.05) is 18.0 Å². The van der Waals surface area contributed by atoms with Crippen molar-refractivity contribution in [3.8, 4) is 0 Å². The van der Waals surface area contributed by atoms with Crippen LogP contribution in [0.15, 0.2) is 71.8 Å². The fourth-order valence-electron chi connectivity index (χ4n) is 2.87. The molecular formula is C21H16F4N2O3S.